The van der Waals surface area contributed by atoms with Crippen LogP contribution in [0.2, 0.25) is 0 Å². The first-order valence-electron chi connectivity index (χ1n) is 8.13. The number of hydrogen-bond donors (Lipinski definition) is 1. The van der Waals surface area contributed by atoms with Gasteiger partial charge in [-0.3, -0.25) is 4.99 Å². The molecule has 1 aromatic carbocycles. The van der Waals surface area contributed by atoms with E-state index in [4.69, 9.17) is 4.74 Å². The second kappa shape index (κ2) is 8.26. The number of allylic oxidation sites excluding steroid dienone is 1. The lowest BCUT2D eigenvalue weighted by molar-refractivity contribution is -0.138. The van der Waals surface area contributed by atoms with Crippen LogP contribution in [0.1, 0.15) is 29.1 Å². The molecule has 5 nitrogen and oxygen atoms in total. The summed E-state index contributed by atoms with van der Waals surface area (Å²) < 4.78 is 33.0. The van der Waals surface area contributed by atoms with E-state index in [-0.39, 0.29) is 17.7 Å². The Bertz CT molecular complexity index is 929. The Morgan fingerprint density at radius 2 is 2.19 bits per heavy atom. The first kappa shape index (κ1) is 19.6. The Morgan fingerprint density at radius 3 is 2.81 bits per heavy atom. The lowest BCUT2D eigenvalue weighted by Crippen LogP contribution is -2.34. The Morgan fingerprint density at radius 1 is 1.41 bits per heavy atom. The molecule has 0 bridgehead atoms. The topological polar surface area (TPSA) is 63.6 Å². The van der Waals surface area contributed by atoms with Crippen molar-refractivity contribution >= 4 is 39.1 Å². The van der Waals surface area contributed by atoms with Gasteiger partial charge in [0, 0.05) is 22.6 Å². The third-order valence-corrected chi connectivity index (χ3v) is 5.41. The van der Waals surface area contributed by atoms with Gasteiger partial charge in [-0.05, 0) is 31.0 Å². The third-order valence-electron chi connectivity index (χ3n) is 4.07. The predicted octanol–water partition coefficient (Wildman–Crippen LogP) is 4.03. The van der Waals surface area contributed by atoms with Crippen LogP contribution in [-0.4, -0.2) is 28.7 Å². The molecule has 9 heteroatoms. The fourth-order valence-corrected chi connectivity index (χ4v) is 3.82. The highest BCUT2D eigenvalue weighted by atomic mass is 79.9. The molecular weight excluding hydrogens is 440 g/mol. The number of alkyl halides is 1. The van der Waals surface area contributed by atoms with Crippen molar-refractivity contribution in [3.05, 3.63) is 62.7 Å². The third kappa shape index (κ3) is 3.79. The number of halogens is 3. The zero-order valence-electron chi connectivity index (χ0n) is 14.6. The Kier molecular flexibility index (Phi) is 6.01. The van der Waals surface area contributed by atoms with E-state index in [0.717, 1.165) is 6.07 Å². The van der Waals surface area contributed by atoms with Crippen molar-refractivity contribution in [1.82, 2.24) is 10.3 Å². The number of carbonyl (C=O) groups excluding carboxylic acids is 1. The summed E-state index contributed by atoms with van der Waals surface area (Å²) in [5.74, 6) is -2.01. The Labute approximate surface area is 167 Å². The molecular formula is C18H16BrF2N3O2S. The highest BCUT2D eigenvalue weighted by molar-refractivity contribution is 9.09. The van der Waals surface area contributed by atoms with Crippen LogP contribution in [0.4, 0.5) is 8.78 Å². The first-order chi connectivity index (χ1) is 13.0. The number of thiazole rings is 1. The molecule has 2 aromatic rings. The van der Waals surface area contributed by atoms with Crippen LogP contribution in [-0.2, 0) is 9.53 Å². The van der Waals surface area contributed by atoms with Crippen LogP contribution in [0.15, 0.2) is 40.0 Å². The number of esters is 1. The molecule has 1 atom stereocenters. The standard InChI is InChI=1S/C18H16BrF2N3O2S/c1-3-26-18(25)13-12(8-19)23-16(17-22-6-7-27-17)24-15(13)10-4-5-11(20)14(21)9(10)2/h4-7,15H,3,8H2,1-2H3,(H,23,24)/t15-/m0/s1. The van der Waals surface area contributed by atoms with Gasteiger partial charge in [0.15, 0.2) is 22.5 Å². The van der Waals surface area contributed by atoms with Crippen molar-refractivity contribution in [3.63, 3.8) is 0 Å². The van der Waals surface area contributed by atoms with Gasteiger partial charge >= 0.3 is 5.97 Å². The van der Waals surface area contributed by atoms with Crippen molar-refractivity contribution < 1.29 is 18.3 Å². The lowest BCUT2D eigenvalue weighted by Gasteiger charge is -2.27. The van der Waals surface area contributed by atoms with Gasteiger partial charge in [0.05, 0.1) is 12.2 Å². The van der Waals surface area contributed by atoms with Gasteiger partial charge in [0.25, 0.3) is 0 Å². The second-order valence-corrected chi connectivity index (χ2v) is 7.12. The highest BCUT2D eigenvalue weighted by Gasteiger charge is 2.34. The van der Waals surface area contributed by atoms with Crippen LogP contribution in [0.5, 0.6) is 0 Å². The summed E-state index contributed by atoms with van der Waals surface area (Å²) in [7, 11) is 0. The molecule has 0 amide bonds. The average molecular weight is 456 g/mol. The van der Waals surface area contributed by atoms with E-state index in [2.05, 4.69) is 31.2 Å². The number of nitrogens with one attached hydrogen (secondary N) is 1. The van der Waals surface area contributed by atoms with Gasteiger partial charge in [0.2, 0.25) is 0 Å². The number of aliphatic imine (C=N–C) groups is 1. The number of ether oxygens (including phenoxy) is 1. The molecule has 3 rings (SSSR count). The minimum Gasteiger partial charge on any atom is -0.463 e. The zero-order chi connectivity index (χ0) is 19.6. The summed E-state index contributed by atoms with van der Waals surface area (Å²) in [4.78, 5) is 21.4. The summed E-state index contributed by atoms with van der Waals surface area (Å²) >= 11 is 4.75. The average Bonchev–Trinajstić information content (AvgIpc) is 3.20. The molecule has 1 aliphatic rings. The molecule has 27 heavy (non-hydrogen) atoms. The molecule has 142 valence electrons. The van der Waals surface area contributed by atoms with Crippen LogP contribution in [0.3, 0.4) is 0 Å². The fraction of sp³-hybridized carbons (Fsp3) is 0.278. The molecule has 1 N–H and O–H groups in total. The number of nitrogens with zero attached hydrogens (tertiary/aromatic N) is 2. The van der Waals surface area contributed by atoms with Gasteiger partial charge in [-0.15, -0.1) is 11.3 Å². The summed E-state index contributed by atoms with van der Waals surface area (Å²) in [6.45, 7) is 3.35. The molecule has 0 aliphatic carbocycles. The molecule has 1 aliphatic heterocycles. The second-order valence-electron chi connectivity index (χ2n) is 5.66. The molecule has 0 saturated heterocycles. The van der Waals surface area contributed by atoms with Crippen molar-refractivity contribution in [2.75, 3.05) is 11.9 Å². The van der Waals surface area contributed by atoms with E-state index >= 15 is 0 Å². The monoisotopic (exact) mass is 455 g/mol. The van der Waals surface area contributed by atoms with E-state index in [9.17, 15) is 13.6 Å². The Balaban J connectivity index is 2.19. The minimum atomic E-state index is -0.958. The molecule has 0 spiro atoms. The van der Waals surface area contributed by atoms with Gasteiger partial charge in [-0.1, -0.05) is 22.0 Å². The summed E-state index contributed by atoms with van der Waals surface area (Å²) in [5.41, 5.74) is 1.29. The summed E-state index contributed by atoms with van der Waals surface area (Å²) in [6.07, 6.45) is 1.64. The number of aromatic nitrogens is 1. The molecule has 0 unspecified atom stereocenters. The number of rotatable bonds is 5. The maximum absolute atomic E-state index is 14.2. The van der Waals surface area contributed by atoms with Crippen LogP contribution in [0, 0.1) is 18.6 Å². The first-order valence-corrected chi connectivity index (χ1v) is 10.1. The normalized spacial score (nSPS) is 16.8. The highest BCUT2D eigenvalue weighted by Crippen LogP contribution is 2.35. The molecule has 0 saturated carbocycles. The van der Waals surface area contributed by atoms with Gasteiger partial charge in [0.1, 0.15) is 6.04 Å². The van der Waals surface area contributed by atoms with Crippen LogP contribution >= 0.6 is 27.3 Å². The van der Waals surface area contributed by atoms with E-state index in [1.54, 1.807) is 18.5 Å². The van der Waals surface area contributed by atoms with Crippen molar-refractivity contribution in [1.29, 1.82) is 0 Å². The van der Waals surface area contributed by atoms with Crippen LogP contribution < -0.4 is 5.32 Å². The zero-order valence-corrected chi connectivity index (χ0v) is 17.0. The summed E-state index contributed by atoms with van der Waals surface area (Å²) in [5, 5.41) is 5.85. The van der Waals surface area contributed by atoms with Crippen molar-refractivity contribution in [2.24, 2.45) is 4.99 Å². The maximum atomic E-state index is 14.2. The quantitative estimate of drug-likeness (QED) is 0.545. The van der Waals surface area contributed by atoms with Gasteiger partial charge in [-0.2, -0.15) is 0 Å². The SMILES string of the molecule is CCOC(=O)C1=C(CBr)NC(c2nccs2)=N[C@H]1c1ccc(F)c(F)c1C. The molecule has 2 heterocycles. The lowest BCUT2D eigenvalue weighted by atomic mass is 9.92. The van der Waals surface area contributed by atoms with E-state index in [1.807, 2.05) is 0 Å². The van der Waals surface area contributed by atoms with E-state index < -0.39 is 23.6 Å². The van der Waals surface area contributed by atoms with Crippen molar-refractivity contribution in [2.45, 2.75) is 19.9 Å². The van der Waals surface area contributed by atoms with Gasteiger partial charge < -0.3 is 10.1 Å². The predicted molar refractivity (Wildman–Crippen MR) is 103 cm³/mol. The largest absolute Gasteiger partial charge is 0.463 e. The van der Waals surface area contributed by atoms with Crippen molar-refractivity contribution in [3.8, 4) is 0 Å². The van der Waals surface area contributed by atoms with Gasteiger partial charge in [-0.25, -0.2) is 18.6 Å². The minimum absolute atomic E-state index is 0.0971. The number of carbonyl (C=O) groups is 1. The number of benzene rings is 1. The number of hydrogen-bond acceptors (Lipinski definition) is 6. The number of amidine groups is 1. The molecule has 0 fully saturated rings. The summed E-state index contributed by atoms with van der Waals surface area (Å²) in [6, 6.07) is 1.64. The van der Waals surface area contributed by atoms with E-state index in [0.29, 0.717) is 27.4 Å². The Hall–Kier alpha value is -2.13. The van der Waals surface area contributed by atoms with Crippen LogP contribution in [0.25, 0.3) is 0 Å². The molecule has 1 aromatic heterocycles. The molecule has 0 radical (unpaired) electrons. The fourth-order valence-electron chi connectivity index (χ4n) is 2.79. The smallest absolute Gasteiger partial charge is 0.338 e. The maximum Gasteiger partial charge on any atom is 0.338 e. The van der Waals surface area contributed by atoms with E-state index in [1.165, 1.54) is 24.3 Å².